The smallest absolute Gasteiger partial charge is 0.108 e. The van der Waals surface area contributed by atoms with Crippen molar-refractivity contribution in [1.82, 2.24) is 10.2 Å². The third kappa shape index (κ3) is 4.48. The van der Waals surface area contributed by atoms with Crippen LogP contribution in [0.3, 0.4) is 0 Å². The van der Waals surface area contributed by atoms with Gasteiger partial charge in [-0.3, -0.25) is 0 Å². The number of ether oxygens (including phenoxy) is 1. The molecule has 1 atom stereocenters. The lowest BCUT2D eigenvalue weighted by Crippen LogP contribution is -2.45. The average molecular weight is 225 g/mol. The monoisotopic (exact) mass is 225 g/mol. The molecule has 1 saturated heterocycles. The number of nitriles is 1. The van der Waals surface area contributed by atoms with E-state index in [1.54, 1.807) is 0 Å². The van der Waals surface area contributed by atoms with Crippen molar-refractivity contribution in [3.8, 4) is 6.07 Å². The Morgan fingerprint density at radius 2 is 2.19 bits per heavy atom. The summed E-state index contributed by atoms with van der Waals surface area (Å²) in [6.45, 7) is 5.55. The van der Waals surface area contributed by atoms with Crippen molar-refractivity contribution in [1.29, 1.82) is 5.26 Å². The van der Waals surface area contributed by atoms with Crippen LogP contribution >= 0.6 is 0 Å². The Kier molecular flexibility index (Phi) is 6.39. The van der Waals surface area contributed by atoms with Gasteiger partial charge in [-0.25, -0.2) is 0 Å². The van der Waals surface area contributed by atoms with Crippen LogP contribution in [0.4, 0.5) is 0 Å². The van der Waals surface area contributed by atoms with Crippen LogP contribution in [0.5, 0.6) is 0 Å². The second-order valence-electron chi connectivity index (χ2n) is 4.42. The van der Waals surface area contributed by atoms with Gasteiger partial charge in [0, 0.05) is 25.8 Å². The Labute approximate surface area is 98.6 Å². The number of nitrogens with one attached hydrogen (secondary N) is 1. The third-order valence-corrected chi connectivity index (χ3v) is 3.08. The Balaban J connectivity index is 2.29. The average Bonchev–Trinajstić information content (AvgIpc) is 2.35. The quantitative estimate of drug-likeness (QED) is 0.732. The van der Waals surface area contributed by atoms with E-state index in [4.69, 9.17) is 10.00 Å². The molecule has 92 valence electrons. The highest BCUT2D eigenvalue weighted by Crippen LogP contribution is 2.12. The van der Waals surface area contributed by atoms with Gasteiger partial charge >= 0.3 is 0 Å². The maximum atomic E-state index is 9.04. The number of hydrogen-bond acceptors (Lipinski definition) is 4. The standard InChI is InChI=1S/C12H23N3O/c1-3-6-14-11(9-13)10-15(2)12-4-7-16-8-5-12/h11-12,14H,3-8,10H2,1-2H3. The molecule has 0 amide bonds. The largest absolute Gasteiger partial charge is 0.381 e. The van der Waals surface area contributed by atoms with Crippen molar-refractivity contribution in [2.45, 2.75) is 38.3 Å². The summed E-state index contributed by atoms with van der Waals surface area (Å²) in [5, 5.41) is 12.3. The second-order valence-corrected chi connectivity index (χ2v) is 4.42. The molecule has 0 aliphatic carbocycles. The van der Waals surface area contributed by atoms with E-state index in [1.807, 2.05) is 0 Å². The van der Waals surface area contributed by atoms with Crippen LogP contribution < -0.4 is 5.32 Å². The van der Waals surface area contributed by atoms with E-state index < -0.39 is 0 Å². The summed E-state index contributed by atoms with van der Waals surface area (Å²) >= 11 is 0. The van der Waals surface area contributed by atoms with Crippen LogP contribution in [-0.2, 0) is 4.74 Å². The molecule has 4 heteroatoms. The van der Waals surface area contributed by atoms with Crippen molar-refractivity contribution in [2.24, 2.45) is 0 Å². The van der Waals surface area contributed by atoms with Gasteiger partial charge in [-0.15, -0.1) is 0 Å². The highest BCUT2D eigenvalue weighted by molar-refractivity contribution is 4.92. The van der Waals surface area contributed by atoms with Crippen LogP contribution in [0.2, 0.25) is 0 Å². The SMILES string of the molecule is CCCNC(C#N)CN(C)C1CCOCC1. The van der Waals surface area contributed by atoms with Crippen molar-refractivity contribution in [2.75, 3.05) is 33.4 Å². The molecule has 1 rings (SSSR count). The predicted molar refractivity (Wildman–Crippen MR) is 64.2 cm³/mol. The van der Waals surface area contributed by atoms with E-state index in [1.165, 1.54) is 0 Å². The lowest BCUT2D eigenvalue weighted by molar-refractivity contribution is 0.0418. The molecule has 0 aromatic carbocycles. The maximum absolute atomic E-state index is 9.04. The normalized spacial score (nSPS) is 19.6. The highest BCUT2D eigenvalue weighted by atomic mass is 16.5. The second kappa shape index (κ2) is 7.61. The summed E-state index contributed by atoms with van der Waals surface area (Å²) in [7, 11) is 2.11. The molecule has 1 heterocycles. The van der Waals surface area contributed by atoms with E-state index in [9.17, 15) is 0 Å². The number of hydrogen-bond donors (Lipinski definition) is 1. The van der Waals surface area contributed by atoms with Gasteiger partial charge in [-0.05, 0) is 32.9 Å². The van der Waals surface area contributed by atoms with E-state index in [-0.39, 0.29) is 6.04 Å². The van der Waals surface area contributed by atoms with Crippen LogP contribution in [0.25, 0.3) is 0 Å². The van der Waals surface area contributed by atoms with E-state index >= 15 is 0 Å². The van der Waals surface area contributed by atoms with Gasteiger partial charge in [0.25, 0.3) is 0 Å². The summed E-state index contributed by atoms with van der Waals surface area (Å²) in [4.78, 5) is 2.29. The van der Waals surface area contributed by atoms with E-state index in [2.05, 4.69) is 30.3 Å². The molecular weight excluding hydrogens is 202 g/mol. The van der Waals surface area contributed by atoms with Gasteiger partial charge in [-0.2, -0.15) is 5.26 Å². The lowest BCUT2D eigenvalue weighted by Gasteiger charge is -2.32. The highest BCUT2D eigenvalue weighted by Gasteiger charge is 2.20. The minimum Gasteiger partial charge on any atom is -0.381 e. The summed E-state index contributed by atoms with van der Waals surface area (Å²) in [6.07, 6.45) is 3.24. The van der Waals surface area contributed by atoms with E-state index in [0.717, 1.165) is 45.6 Å². The molecule has 1 unspecified atom stereocenters. The van der Waals surface area contributed by atoms with Crippen molar-refractivity contribution >= 4 is 0 Å². The first-order chi connectivity index (χ1) is 7.77. The molecule has 0 aromatic heterocycles. The lowest BCUT2D eigenvalue weighted by atomic mass is 10.1. The molecule has 0 bridgehead atoms. The van der Waals surface area contributed by atoms with Crippen molar-refractivity contribution in [3.05, 3.63) is 0 Å². The Hall–Kier alpha value is -0.630. The van der Waals surface area contributed by atoms with Gasteiger partial charge in [0.05, 0.1) is 6.07 Å². The minimum absolute atomic E-state index is 0.0483. The Morgan fingerprint density at radius 3 is 2.75 bits per heavy atom. The molecule has 4 nitrogen and oxygen atoms in total. The van der Waals surface area contributed by atoms with Crippen LogP contribution in [0, 0.1) is 11.3 Å². The molecule has 0 radical (unpaired) electrons. The molecule has 0 saturated carbocycles. The van der Waals surface area contributed by atoms with Crippen LogP contribution in [-0.4, -0.2) is 50.3 Å². The van der Waals surface area contributed by atoms with Crippen LogP contribution in [0.15, 0.2) is 0 Å². The first-order valence-corrected chi connectivity index (χ1v) is 6.19. The zero-order chi connectivity index (χ0) is 11.8. The zero-order valence-electron chi connectivity index (χ0n) is 10.4. The van der Waals surface area contributed by atoms with Gasteiger partial charge in [0.15, 0.2) is 0 Å². The summed E-state index contributed by atoms with van der Waals surface area (Å²) < 4.78 is 5.34. The van der Waals surface area contributed by atoms with Crippen molar-refractivity contribution < 1.29 is 4.74 Å². The zero-order valence-corrected chi connectivity index (χ0v) is 10.4. The topological polar surface area (TPSA) is 48.3 Å². The molecule has 0 aromatic rings. The Bertz CT molecular complexity index is 221. The summed E-state index contributed by atoms with van der Waals surface area (Å²) in [5.74, 6) is 0. The van der Waals surface area contributed by atoms with E-state index in [0.29, 0.717) is 6.04 Å². The first kappa shape index (κ1) is 13.4. The fourth-order valence-electron chi connectivity index (χ4n) is 2.03. The summed E-state index contributed by atoms with van der Waals surface area (Å²) in [5.41, 5.74) is 0. The van der Waals surface area contributed by atoms with Gasteiger partial charge in [0.2, 0.25) is 0 Å². The molecule has 1 fully saturated rings. The fraction of sp³-hybridized carbons (Fsp3) is 0.917. The minimum atomic E-state index is -0.0483. The number of nitrogens with zero attached hydrogens (tertiary/aromatic N) is 2. The van der Waals surface area contributed by atoms with Crippen LogP contribution in [0.1, 0.15) is 26.2 Å². The Morgan fingerprint density at radius 1 is 1.50 bits per heavy atom. The molecule has 1 N–H and O–H groups in total. The maximum Gasteiger partial charge on any atom is 0.108 e. The number of rotatable bonds is 6. The molecule has 1 aliphatic rings. The third-order valence-electron chi connectivity index (χ3n) is 3.08. The van der Waals surface area contributed by atoms with Gasteiger partial charge < -0.3 is 15.0 Å². The predicted octanol–water partition coefficient (Wildman–Crippen LogP) is 0.989. The number of likely N-dealkylation sites (N-methyl/N-ethyl adjacent to an activating group) is 1. The fourth-order valence-corrected chi connectivity index (χ4v) is 2.03. The molecule has 0 spiro atoms. The van der Waals surface area contributed by atoms with Crippen molar-refractivity contribution in [3.63, 3.8) is 0 Å². The summed E-state index contributed by atoms with van der Waals surface area (Å²) in [6, 6.07) is 2.85. The first-order valence-electron chi connectivity index (χ1n) is 6.19. The van der Waals surface area contributed by atoms with Gasteiger partial charge in [-0.1, -0.05) is 6.92 Å². The molecular formula is C12H23N3O. The van der Waals surface area contributed by atoms with Gasteiger partial charge in [0.1, 0.15) is 6.04 Å². The molecule has 16 heavy (non-hydrogen) atoms. The molecule has 1 aliphatic heterocycles.